The fraction of sp³-hybridized carbons (Fsp3) is 0.500. The molecule has 1 aromatic rings. The lowest BCUT2D eigenvalue weighted by Gasteiger charge is -2.36. The van der Waals surface area contributed by atoms with E-state index in [-0.39, 0.29) is 22.6 Å². The number of carboxylic acids is 1. The molecule has 0 atom stereocenters. The Morgan fingerprint density at radius 2 is 2.16 bits per heavy atom. The van der Waals surface area contributed by atoms with Crippen LogP contribution in [0.3, 0.4) is 0 Å². The normalized spacial score (nSPS) is 11.2. The maximum atomic E-state index is 11.2. The number of hydrogen-bond donors (Lipinski definition) is 1. The molecule has 104 valence electrons. The summed E-state index contributed by atoms with van der Waals surface area (Å²) < 4.78 is 0. The minimum absolute atomic E-state index is 0.168. The summed E-state index contributed by atoms with van der Waals surface area (Å²) in [4.78, 5) is 26.9. The van der Waals surface area contributed by atoms with Crippen molar-refractivity contribution in [2.24, 2.45) is 0 Å². The first-order chi connectivity index (χ1) is 8.70. The predicted octanol–water partition coefficient (Wildman–Crippen LogP) is 2.31. The lowest BCUT2D eigenvalue weighted by molar-refractivity contribution is -0.385. The van der Waals surface area contributed by atoms with Gasteiger partial charge in [-0.15, -0.1) is 0 Å². The number of nitrogens with zero attached hydrogens (tertiary/aromatic N) is 3. The van der Waals surface area contributed by atoms with Crippen molar-refractivity contribution in [2.75, 3.05) is 11.9 Å². The quantitative estimate of drug-likeness (QED) is 0.649. The van der Waals surface area contributed by atoms with E-state index in [0.717, 1.165) is 18.7 Å². The molecule has 0 spiro atoms. The van der Waals surface area contributed by atoms with Crippen LogP contribution < -0.4 is 4.90 Å². The summed E-state index contributed by atoms with van der Waals surface area (Å²) >= 11 is 0. The number of hydrogen-bond acceptors (Lipinski definition) is 5. The van der Waals surface area contributed by atoms with Gasteiger partial charge in [-0.2, -0.15) is 0 Å². The first-order valence-electron chi connectivity index (χ1n) is 5.82. The number of anilines is 1. The van der Waals surface area contributed by atoms with Gasteiger partial charge in [0.25, 0.3) is 5.69 Å². The van der Waals surface area contributed by atoms with Crippen LogP contribution in [0.25, 0.3) is 0 Å². The molecule has 1 rings (SSSR count). The van der Waals surface area contributed by atoms with E-state index in [0.29, 0.717) is 0 Å². The number of aromatic carboxylic acids is 1. The van der Waals surface area contributed by atoms with E-state index in [9.17, 15) is 14.9 Å². The summed E-state index contributed by atoms with van der Waals surface area (Å²) in [5.41, 5.74) is -0.796. The van der Waals surface area contributed by atoms with Gasteiger partial charge in [-0.05, 0) is 20.3 Å². The molecule has 19 heavy (non-hydrogen) atoms. The highest BCUT2D eigenvalue weighted by Crippen LogP contribution is 2.28. The van der Waals surface area contributed by atoms with Crippen LogP contribution in [-0.2, 0) is 0 Å². The zero-order valence-electron chi connectivity index (χ0n) is 11.4. The van der Waals surface area contributed by atoms with Crippen molar-refractivity contribution in [1.82, 2.24) is 4.98 Å². The molecule has 0 aliphatic heterocycles. The van der Waals surface area contributed by atoms with Gasteiger partial charge < -0.3 is 10.0 Å². The van der Waals surface area contributed by atoms with Gasteiger partial charge in [0.1, 0.15) is 17.6 Å². The molecule has 0 saturated carbocycles. The topological polar surface area (TPSA) is 96.6 Å². The Balaban J connectivity index is 3.36. The molecule has 7 heteroatoms. The third kappa shape index (κ3) is 2.98. The van der Waals surface area contributed by atoms with Crippen molar-refractivity contribution in [1.29, 1.82) is 0 Å². The van der Waals surface area contributed by atoms with E-state index in [1.807, 2.05) is 20.8 Å². The molecule has 0 bridgehead atoms. The van der Waals surface area contributed by atoms with E-state index >= 15 is 0 Å². The summed E-state index contributed by atoms with van der Waals surface area (Å²) in [6, 6.07) is 1.03. The highest BCUT2D eigenvalue weighted by atomic mass is 16.6. The van der Waals surface area contributed by atoms with Gasteiger partial charge in [0.15, 0.2) is 0 Å². The Labute approximate surface area is 111 Å². The van der Waals surface area contributed by atoms with Gasteiger partial charge in [0.2, 0.25) is 0 Å². The Morgan fingerprint density at radius 1 is 1.58 bits per heavy atom. The van der Waals surface area contributed by atoms with Crippen LogP contribution in [0.1, 0.15) is 37.6 Å². The number of carbonyl (C=O) groups is 1. The van der Waals surface area contributed by atoms with Crippen LogP contribution >= 0.6 is 0 Å². The van der Waals surface area contributed by atoms with Crippen molar-refractivity contribution in [3.8, 4) is 0 Å². The van der Waals surface area contributed by atoms with Crippen molar-refractivity contribution in [3.63, 3.8) is 0 Å². The van der Waals surface area contributed by atoms with E-state index in [2.05, 4.69) is 4.98 Å². The molecule has 0 saturated heterocycles. The molecule has 0 unspecified atom stereocenters. The second kappa shape index (κ2) is 5.21. The van der Waals surface area contributed by atoms with E-state index in [1.165, 1.54) is 0 Å². The third-order valence-electron chi connectivity index (χ3n) is 3.38. The van der Waals surface area contributed by atoms with Gasteiger partial charge in [0.05, 0.1) is 4.92 Å². The van der Waals surface area contributed by atoms with Crippen LogP contribution in [0.4, 0.5) is 11.5 Å². The van der Waals surface area contributed by atoms with E-state index in [1.54, 1.807) is 11.9 Å². The highest BCUT2D eigenvalue weighted by Gasteiger charge is 2.27. The predicted molar refractivity (Wildman–Crippen MR) is 70.6 cm³/mol. The molecule has 0 aliphatic carbocycles. The molecule has 0 radical (unpaired) electrons. The van der Waals surface area contributed by atoms with Gasteiger partial charge in [0, 0.05) is 18.7 Å². The lowest BCUT2D eigenvalue weighted by Crippen LogP contribution is -2.41. The SMILES string of the molecule is CCC(C)(C)N(C)c1ncc([N+](=O)[O-])cc1C(=O)O. The molecule has 0 fully saturated rings. The van der Waals surface area contributed by atoms with Crippen LogP contribution in [0, 0.1) is 10.1 Å². The maximum Gasteiger partial charge on any atom is 0.339 e. The van der Waals surface area contributed by atoms with Crippen LogP contribution in [0.15, 0.2) is 12.3 Å². The number of carboxylic acid groups (broad SMARTS) is 1. The molecule has 1 aromatic heterocycles. The zero-order chi connectivity index (χ0) is 14.8. The summed E-state index contributed by atoms with van der Waals surface area (Å²) in [6.45, 7) is 5.87. The summed E-state index contributed by atoms with van der Waals surface area (Å²) in [7, 11) is 1.73. The van der Waals surface area contributed by atoms with Crippen LogP contribution in [-0.4, -0.2) is 33.6 Å². The van der Waals surface area contributed by atoms with Crippen LogP contribution in [0.5, 0.6) is 0 Å². The molecular formula is C12H17N3O4. The second-order valence-electron chi connectivity index (χ2n) is 4.85. The Bertz CT molecular complexity index is 514. The average Bonchev–Trinajstić information content (AvgIpc) is 2.36. The molecular weight excluding hydrogens is 250 g/mol. The fourth-order valence-corrected chi connectivity index (χ4v) is 1.49. The molecule has 0 aliphatic rings. The van der Waals surface area contributed by atoms with Crippen molar-refractivity contribution < 1.29 is 14.8 Å². The van der Waals surface area contributed by atoms with Crippen LogP contribution in [0.2, 0.25) is 0 Å². The first-order valence-corrected chi connectivity index (χ1v) is 5.82. The van der Waals surface area contributed by atoms with Crippen molar-refractivity contribution >= 4 is 17.5 Å². The third-order valence-corrected chi connectivity index (χ3v) is 3.38. The van der Waals surface area contributed by atoms with Gasteiger partial charge in [-0.1, -0.05) is 6.92 Å². The molecule has 0 amide bonds. The van der Waals surface area contributed by atoms with E-state index < -0.39 is 10.9 Å². The summed E-state index contributed by atoms with van der Waals surface area (Å²) in [5, 5.41) is 19.8. The number of aromatic nitrogens is 1. The van der Waals surface area contributed by atoms with Crippen molar-refractivity contribution in [2.45, 2.75) is 32.7 Å². The summed E-state index contributed by atoms with van der Waals surface area (Å²) in [5.74, 6) is -1.00. The zero-order valence-corrected chi connectivity index (χ0v) is 11.4. The van der Waals surface area contributed by atoms with E-state index in [4.69, 9.17) is 5.11 Å². The number of pyridine rings is 1. The fourth-order valence-electron chi connectivity index (χ4n) is 1.49. The molecule has 7 nitrogen and oxygen atoms in total. The summed E-state index contributed by atoms with van der Waals surface area (Å²) in [6.07, 6.45) is 1.85. The monoisotopic (exact) mass is 267 g/mol. The van der Waals surface area contributed by atoms with Gasteiger partial charge >= 0.3 is 5.97 Å². The average molecular weight is 267 g/mol. The number of nitro groups is 1. The highest BCUT2D eigenvalue weighted by molar-refractivity contribution is 5.94. The van der Waals surface area contributed by atoms with Gasteiger partial charge in [-0.25, -0.2) is 9.78 Å². The molecule has 0 aromatic carbocycles. The Kier molecular flexibility index (Phi) is 4.08. The minimum Gasteiger partial charge on any atom is -0.478 e. The number of rotatable bonds is 5. The first kappa shape index (κ1) is 14.9. The van der Waals surface area contributed by atoms with Crippen molar-refractivity contribution in [3.05, 3.63) is 27.9 Å². The smallest absolute Gasteiger partial charge is 0.339 e. The maximum absolute atomic E-state index is 11.2. The second-order valence-corrected chi connectivity index (χ2v) is 4.85. The van der Waals surface area contributed by atoms with Gasteiger partial charge in [-0.3, -0.25) is 10.1 Å². The molecule has 1 heterocycles. The molecule has 1 N–H and O–H groups in total. The lowest BCUT2D eigenvalue weighted by atomic mass is 9.99. The Hall–Kier alpha value is -2.18. The Morgan fingerprint density at radius 3 is 2.58 bits per heavy atom. The standard InChI is InChI=1S/C12H17N3O4/c1-5-12(2,3)14(4)10-9(11(16)17)6-8(7-13-10)15(18)19/h6-7H,5H2,1-4H3,(H,16,17). The largest absolute Gasteiger partial charge is 0.478 e. The minimum atomic E-state index is -1.23.